The molecule has 62 heavy (non-hydrogen) atoms. The van der Waals surface area contributed by atoms with Gasteiger partial charge in [-0.05, 0) is 47.3 Å². The topological polar surface area (TPSA) is 3.24 Å². The molecule has 342 valence electrons. The second-order valence-corrected chi connectivity index (χ2v) is 44.7. The Morgan fingerprint density at radius 2 is 0.887 bits per heavy atom. The van der Waals surface area contributed by atoms with Crippen LogP contribution in [0.5, 0.6) is 0 Å². The molecule has 2 atom stereocenters. The van der Waals surface area contributed by atoms with Gasteiger partial charge in [0, 0.05) is 20.5 Å². The summed E-state index contributed by atoms with van der Waals surface area (Å²) >= 11 is 0. The van der Waals surface area contributed by atoms with Gasteiger partial charge in [-0.3, -0.25) is 0 Å². The molecule has 0 bridgehead atoms. The molecule has 0 heterocycles. The van der Waals surface area contributed by atoms with Crippen LogP contribution >= 0.6 is 16.0 Å². The minimum atomic E-state index is -1.78. The van der Waals surface area contributed by atoms with Crippen molar-refractivity contribution in [2.24, 2.45) is 0 Å². The average Bonchev–Trinajstić information content (AvgIpc) is 3.27. The summed E-state index contributed by atoms with van der Waals surface area (Å²) in [7, 11) is -4.08. The highest BCUT2D eigenvalue weighted by atomic mass is 32.1. The number of unbranched alkanes of at least 4 members (excludes halogenated alkanes) is 6. The first-order chi connectivity index (χ1) is 29.6. The molecule has 0 aromatic heterocycles. The van der Waals surface area contributed by atoms with Gasteiger partial charge in [-0.15, -0.1) is 0 Å². The van der Waals surface area contributed by atoms with E-state index in [1.165, 1.54) is 130 Å². The van der Waals surface area contributed by atoms with Gasteiger partial charge >= 0.3 is 0 Å². The molecule has 0 saturated heterocycles. The lowest BCUT2D eigenvalue weighted by Crippen LogP contribution is -2.48. The van der Waals surface area contributed by atoms with Gasteiger partial charge < -0.3 is 4.67 Å². The molecule has 0 spiro atoms. The highest BCUT2D eigenvalue weighted by molar-refractivity contribution is 8.28. The van der Waals surface area contributed by atoms with Crippen molar-refractivity contribution in [2.45, 2.75) is 194 Å². The molecule has 4 rings (SSSR count). The predicted molar refractivity (Wildman–Crippen MR) is 303 cm³/mol. The van der Waals surface area contributed by atoms with Crippen LogP contribution in [0.3, 0.4) is 0 Å². The maximum Gasteiger partial charge on any atom is 0.0867 e. The highest BCUT2D eigenvalue weighted by Gasteiger charge is 2.36. The molecule has 0 fully saturated rings. The number of rotatable bonds is 28. The van der Waals surface area contributed by atoms with Gasteiger partial charge in [-0.1, -0.05) is 289 Å². The van der Waals surface area contributed by atoms with E-state index in [9.17, 15) is 0 Å². The van der Waals surface area contributed by atoms with Crippen molar-refractivity contribution in [3.63, 3.8) is 0 Å². The van der Waals surface area contributed by atoms with Crippen LogP contribution in [-0.4, -0.2) is 39.3 Å². The summed E-state index contributed by atoms with van der Waals surface area (Å²) in [6, 6.07) is 46.4. The average molecular weight is 941 g/mol. The standard InChI is InChI=1S/C55H91NP2Si4/c1-14-20-41-61(42-21-15-2,43-22-16-3)49-37-33-47(34-38-49)51-29-28-30-52(55(51)60(11,12)13)57-58(53-31-26-27-32-54(53)59(8,9)10)56(7)48-35-39-50(40-36-48)62(44-23-17-4,45-24-18-5)46-25-19-6/h26-40,57H,14-25,41-46H2,1-13H3. The molecule has 0 aliphatic carbocycles. The third kappa shape index (κ3) is 14.0. The van der Waals surface area contributed by atoms with Crippen LogP contribution < -0.4 is 36.0 Å². The smallest absolute Gasteiger partial charge is 0.0867 e. The fourth-order valence-electron chi connectivity index (χ4n) is 10.3. The molecule has 0 aliphatic rings. The van der Waals surface area contributed by atoms with Gasteiger partial charge in [0.2, 0.25) is 0 Å². The Morgan fingerprint density at radius 3 is 1.29 bits per heavy atom. The summed E-state index contributed by atoms with van der Waals surface area (Å²) in [5, 5.41) is 9.97. The van der Waals surface area contributed by atoms with Crippen molar-refractivity contribution in [3.8, 4) is 11.1 Å². The first-order valence-corrected chi connectivity index (χ1v) is 40.8. The van der Waals surface area contributed by atoms with Gasteiger partial charge in [0.25, 0.3) is 0 Å². The summed E-state index contributed by atoms with van der Waals surface area (Å²) in [5.74, 6) is 0. The van der Waals surface area contributed by atoms with E-state index in [0.717, 1.165) is 0 Å². The lowest BCUT2D eigenvalue weighted by atomic mass is 10.1. The zero-order valence-corrected chi connectivity index (χ0v) is 48.2. The Labute approximate surface area is 391 Å². The Balaban J connectivity index is 1.85. The van der Waals surface area contributed by atoms with Crippen molar-refractivity contribution in [1.29, 1.82) is 0 Å². The fraction of sp³-hybridized carbons (Fsp3) is 0.564. The van der Waals surface area contributed by atoms with Crippen LogP contribution in [0, 0.1) is 0 Å². The number of nitrogens with zero attached hydrogens (tertiary/aromatic N) is 1. The SMILES string of the molecule is CCCC[Si](CCCC)(CCCC)c1ccc(-c2cccc(PP(c3ccccc3[Si](C)(C)C)N(C)c3ccc([Si](CCCC)(CCCC)CCCC)cc3)c2[Si](C)(C)C)cc1. The van der Waals surface area contributed by atoms with Crippen molar-refractivity contribution < 1.29 is 0 Å². The van der Waals surface area contributed by atoms with Crippen molar-refractivity contribution >= 4 is 85.4 Å². The van der Waals surface area contributed by atoms with E-state index in [-0.39, 0.29) is 0 Å². The summed E-state index contributed by atoms with van der Waals surface area (Å²) in [4.78, 5) is 0. The van der Waals surface area contributed by atoms with Crippen LogP contribution in [0.1, 0.15) is 119 Å². The highest BCUT2D eigenvalue weighted by Crippen LogP contribution is 2.57. The Hall–Kier alpha value is -1.59. The third-order valence-electron chi connectivity index (χ3n) is 14.0. The van der Waals surface area contributed by atoms with Gasteiger partial charge in [-0.2, -0.15) is 0 Å². The van der Waals surface area contributed by atoms with E-state index >= 15 is 0 Å². The summed E-state index contributed by atoms with van der Waals surface area (Å²) < 4.78 is 2.74. The molecule has 4 aromatic carbocycles. The molecular weight excluding hydrogens is 849 g/mol. The first-order valence-electron chi connectivity index (χ1n) is 25.4. The van der Waals surface area contributed by atoms with Crippen molar-refractivity contribution in [1.82, 2.24) is 0 Å². The Kier molecular flexibility index (Phi) is 21.7. The van der Waals surface area contributed by atoms with Gasteiger partial charge in [0.15, 0.2) is 0 Å². The number of anilines is 1. The second-order valence-electron chi connectivity index (χ2n) is 21.0. The quantitative estimate of drug-likeness (QED) is 0.0405. The number of benzene rings is 4. The molecule has 0 amide bonds. The van der Waals surface area contributed by atoms with Crippen LogP contribution in [-0.2, 0) is 0 Å². The molecule has 0 radical (unpaired) electrons. The monoisotopic (exact) mass is 940 g/mol. The largest absolute Gasteiger partial charge is 0.346 e. The van der Waals surface area contributed by atoms with Gasteiger partial charge in [-0.25, -0.2) is 0 Å². The molecular formula is C55H91NP2Si4. The minimum Gasteiger partial charge on any atom is -0.346 e. The number of hydrogen-bond donors (Lipinski definition) is 0. The van der Waals surface area contributed by atoms with Crippen molar-refractivity contribution in [3.05, 3.63) is 91.0 Å². The van der Waals surface area contributed by atoms with E-state index in [1.807, 2.05) is 0 Å². The zero-order valence-electron chi connectivity index (χ0n) is 42.3. The molecule has 0 aliphatic heterocycles. The molecule has 1 nitrogen and oxygen atoms in total. The van der Waals surface area contributed by atoms with E-state index in [2.05, 4.69) is 184 Å². The summed E-state index contributed by atoms with van der Waals surface area (Å²) in [5.41, 5.74) is 4.32. The van der Waals surface area contributed by atoms with E-state index in [4.69, 9.17) is 0 Å². The first kappa shape index (κ1) is 53.0. The Bertz CT molecular complexity index is 1850. The van der Waals surface area contributed by atoms with Gasteiger partial charge in [0.05, 0.1) is 32.3 Å². The third-order valence-corrected chi connectivity index (χ3v) is 35.1. The molecule has 0 saturated carbocycles. The maximum absolute atomic E-state index is 2.74. The Morgan fingerprint density at radius 1 is 0.468 bits per heavy atom. The minimum absolute atomic E-state index is 0.669. The number of hydrogen-bond acceptors (Lipinski definition) is 1. The zero-order chi connectivity index (χ0) is 45.4. The summed E-state index contributed by atoms with van der Waals surface area (Å²) in [6.45, 7) is 29.8. The maximum atomic E-state index is 2.74. The predicted octanol–water partition coefficient (Wildman–Crippen LogP) is 15.6. The van der Waals surface area contributed by atoms with Gasteiger partial charge in [0.1, 0.15) is 0 Å². The van der Waals surface area contributed by atoms with Crippen LogP contribution in [0.15, 0.2) is 91.0 Å². The molecule has 7 heteroatoms. The second kappa shape index (κ2) is 25.4. The summed E-state index contributed by atoms with van der Waals surface area (Å²) in [6.07, 6.45) is 16.1. The van der Waals surface area contributed by atoms with E-state index < -0.39 is 40.1 Å². The molecule has 0 N–H and O–H groups in total. The molecule has 2 unspecified atom stereocenters. The molecule has 4 aromatic rings. The van der Waals surface area contributed by atoms with Crippen molar-refractivity contribution in [2.75, 3.05) is 11.7 Å². The fourth-order valence-corrected chi connectivity index (χ4v) is 33.2. The van der Waals surface area contributed by atoms with Crippen LogP contribution in [0.2, 0.25) is 75.5 Å². The van der Waals surface area contributed by atoms with E-state index in [0.29, 0.717) is 8.27 Å². The van der Waals surface area contributed by atoms with Crippen LogP contribution in [0.4, 0.5) is 5.69 Å². The van der Waals surface area contributed by atoms with E-state index in [1.54, 1.807) is 31.4 Å². The lowest BCUT2D eigenvalue weighted by Gasteiger charge is -2.36. The normalized spacial score (nSPS) is 13.3. The van der Waals surface area contributed by atoms with Crippen LogP contribution in [0.25, 0.3) is 11.1 Å². The lowest BCUT2D eigenvalue weighted by molar-refractivity contribution is 0.800.